The first kappa shape index (κ1) is 12.0. The molecule has 86 valence electrons. The number of benzene rings is 1. The van der Waals surface area contributed by atoms with Crippen molar-refractivity contribution in [2.75, 3.05) is 14.1 Å². The summed E-state index contributed by atoms with van der Waals surface area (Å²) in [6, 6.07) is 7.12. The van der Waals surface area contributed by atoms with Gasteiger partial charge >= 0.3 is 12.0 Å². The predicted octanol–water partition coefficient (Wildman–Crippen LogP) is 1.08. The maximum atomic E-state index is 11.4. The molecular weight excluding hydrogens is 208 g/mol. The van der Waals surface area contributed by atoms with Crippen LogP contribution in [0.3, 0.4) is 0 Å². The third-order valence-electron chi connectivity index (χ3n) is 2.05. The van der Waals surface area contributed by atoms with Gasteiger partial charge in [-0.1, -0.05) is 30.3 Å². The number of hydrogen-bond acceptors (Lipinski definition) is 2. The minimum atomic E-state index is -1.08. The van der Waals surface area contributed by atoms with Crippen LogP contribution in [0.2, 0.25) is 0 Å². The number of aliphatic carboxylic acids is 1. The summed E-state index contributed by atoms with van der Waals surface area (Å²) in [5, 5.41) is 11.4. The molecule has 0 aliphatic carbocycles. The zero-order valence-corrected chi connectivity index (χ0v) is 9.18. The Labute approximate surface area is 93.7 Å². The van der Waals surface area contributed by atoms with Gasteiger partial charge in [0, 0.05) is 14.1 Å². The molecule has 0 aliphatic heterocycles. The second-order valence-electron chi connectivity index (χ2n) is 3.53. The molecule has 0 fully saturated rings. The van der Waals surface area contributed by atoms with E-state index in [0.717, 1.165) is 0 Å². The van der Waals surface area contributed by atoms with Gasteiger partial charge in [0.25, 0.3) is 0 Å². The van der Waals surface area contributed by atoms with Crippen LogP contribution >= 0.6 is 0 Å². The van der Waals surface area contributed by atoms with E-state index in [1.165, 1.54) is 4.90 Å². The van der Waals surface area contributed by atoms with E-state index in [4.69, 9.17) is 5.11 Å². The standard InChI is InChI=1S/C11H14N2O3/c1-13(2)11(16)12-9(10(14)15)8-6-4-3-5-7-8/h3-7,9H,1-2H3,(H,12,16)(H,14,15)/t9-/m0/s1. The molecule has 0 aromatic heterocycles. The van der Waals surface area contributed by atoms with Crippen molar-refractivity contribution >= 4 is 12.0 Å². The summed E-state index contributed by atoms with van der Waals surface area (Å²) in [5.41, 5.74) is 0.546. The smallest absolute Gasteiger partial charge is 0.330 e. The van der Waals surface area contributed by atoms with Gasteiger partial charge in [-0.3, -0.25) is 0 Å². The molecule has 0 radical (unpaired) electrons. The number of carbonyl (C=O) groups is 2. The summed E-state index contributed by atoms with van der Waals surface area (Å²) in [6.45, 7) is 0. The van der Waals surface area contributed by atoms with E-state index in [9.17, 15) is 9.59 Å². The van der Waals surface area contributed by atoms with Crippen molar-refractivity contribution in [2.45, 2.75) is 6.04 Å². The third kappa shape index (κ3) is 2.98. The first-order valence-corrected chi connectivity index (χ1v) is 4.78. The van der Waals surface area contributed by atoms with Crippen molar-refractivity contribution in [1.29, 1.82) is 0 Å². The van der Waals surface area contributed by atoms with Gasteiger partial charge in [-0.25, -0.2) is 9.59 Å². The second kappa shape index (κ2) is 5.16. The molecule has 0 saturated heterocycles. The van der Waals surface area contributed by atoms with Gasteiger partial charge in [-0.2, -0.15) is 0 Å². The van der Waals surface area contributed by atoms with Gasteiger partial charge in [0.1, 0.15) is 0 Å². The van der Waals surface area contributed by atoms with E-state index in [0.29, 0.717) is 5.56 Å². The fourth-order valence-electron chi connectivity index (χ4n) is 1.19. The Morgan fingerprint density at radius 3 is 2.25 bits per heavy atom. The molecule has 2 N–H and O–H groups in total. The number of amides is 2. The van der Waals surface area contributed by atoms with Gasteiger partial charge in [-0.05, 0) is 5.56 Å². The van der Waals surface area contributed by atoms with E-state index in [1.54, 1.807) is 44.4 Å². The highest BCUT2D eigenvalue weighted by molar-refractivity contribution is 5.83. The number of urea groups is 1. The van der Waals surface area contributed by atoms with Crippen LogP contribution in [0.5, 0.6) is 0 Å². The van der Waals surface area contributed by atoms with E-state index in [1.807, 2.05) is 0 Å². The number of nitrogens with one attached hydrogen (secondary N) is 1. The molecule has 2 amide bonds. The van der Waals surface area contributed by atoms with Crippen LogP contribution in [0.25, 0.3) is 0 Å². The maximum absolute atomic E-state index is 11.4. The summed E-state index contributed by atoms with van der Waals surface area (Å²) in [5.74, 6) is -1.08. The van der Waals surface area contributed by atoms with Gasteiger partial charge < -0.3 is 15.3 Å². The van der Waals surface area contributed by atoms with Crippen molar-refractivity contribution in [2.24, 2.45) is 0 Å². The van der Waals surface area contributed by atoms with Crippen LogP contribution in [-0.4, -0.2) is 36.1 Å². The molecule has 1 aromatic carbocycles. The molecule has 1 rings (SSSR count). The second-order valence-corrected chi connectivity index (χ2v) is 3.53. The van der Waals surface area contributed by atoms with Crippen molar-refractivity contribution in [3.63, 3.8) is 0 Å². The molecule has 0 bridgehead atoms. The molecule has 0 saturated carbocycles. The van der Waals surface area contributed by atoms with Crippen LogP contribution in [0.1, 0.15) is 11.6 Å². The topological polar surface area (TPSA) is 69.6 Å². The highest BCUT2D eigenvalue weighted by Crippen LogP contribution is 2.12. The SMILES string of the molecule is CN(C)C(=O)N[C@H](C(=O)O)c1ccccc1. The van der Waals surface area contributed by atoms with Crippen molar-refractivity contribution in [1.82, 2.24) is 10.2 Å². The third-order valence-corrected chi connectivity index (χ3v) is 2.05. The molecule has 1 aromatic rings. The minimum absolute atomic E-state index is 0.434. The van der Waals surface area contributed by atoms with Crippen LogP contribution in [0.4, 0.5) is 4.79 Å². The fraction of sp³-hybridized carbons (Fsp3) is 0.273. The molecule has 0 heterocycles. The molecule has 0 spiro atoms. The molecule has 5 heteroatoms. The Hall–Kier alpha value is -2.04. The predicted molar refractivity (Wildman–Crippen MR) is 59.0 cm³/mol. The summed E-state index contributed by atoms with van der Waals surface area (Å²) in [7, 11) is 3.11. The van der Waals surface area contributed by atoms with E-state index in [2.05, 4.69) is 5.32 Å². The number of hydrogen-bond donors (Lipinski definition) is 2. The lowest BCUT2D eigenvalue weighted by atomic mass is 10.1. The summed E-state index contributed by atoms with van der Waals surface area (Å²) in [4.78, 5) is 23.7. The van der Waals surface area contributed by atoms with Gasteiger partial charge in [0.05, 0.1) is 0 Å². The molecule has 1 atom stereocenters. The van der Waals surface area contributed by atoms with Crippen molar-refractivity contribution in [3.05, 3.63) is 35.9 Å². The number of carbonyl (C=O) groups excluding carboxylic acids is 1. The molecule has 0 aliphatic rings. The average molecular weight is 222 g/mol. The van der Waals surface area contributed by atoms with Crippen LogP contribution < -0.4 is 5.32 Å². The number of nitrogens with zero attached hydrogens (tertiary/aromatic N) is 1. The quantitative estimate of drug-likeness (QED) is 0.804. The lowest BCUT2D eigenvalue weighted by Crippen LogP contribution is -2.40. The number of carboxylic acids is 1. The van der Waals surface area contributed by atoms with Crippen molar-refractivity contribution < 1.29 is 14.7 Å². The van der Waals surface area contributed by atoms with Crippen molar-refractivity contribution in [3.8, 4) is 0 Å². The molecule has 16 heavy (non-hydrogen) atoms. The van der Waals surface area contributed by atoms with Crippen LogP contribution in [0, 0.1) is 0 Å². The van der Waals surface area contributed by atoms with Gasteiger partial charge in [-0.15, -0.1) is 0 Å². The fourth-order valence-corrected chi connectivity index (χ4v) is 1.19. The monoisotopic (exact) mass is 222 g/mol. The minimum Gasteiger partial charge on any atom is -0.479 e. The summed E-state index contributed by atoms with van der Waals surface area (Å²) >= 11 is 0. The Bertz CT molecular complexity index is 376. The highest BCUT2D eigenvalue weighted by atomic mass is 16.4. The maximum Gasteiger partial charge on any atom is 0.330 e. The van der Waals surface area contributed by atoms with E-state index in [-0.39, 0.29) is 0 Å². The number of rotatable bonds is 3. The van der Waals surface area contributed by atoms with E-state index < -0.39 is 18.0 Å². The Morgan fingerprint density at radius 2 is 1.81 bits per heavy atom. The summed E-state index contributed by atoms with van der Waals surface area (Å²) in [6.07, 6.45) is 0. The average Bonchev–Trinajstić information content (AvgIpc) is 2.26. The zero-order valence-electron chi connectivity index (χ0n) is 9.18. The Morgan fingerprint density at radius 1 is 1.25 bits per heavy atom. The molecule has 5 nitrogen and oxygen atoms in total. The van der Waals surface area contributed by atoms with Gasteiger partial charge in [0.2, 0.25) is 0 Å². The van der Waals surface area contributed by atoms with Crippen LogP contribution in [-0.2, 0) is 4.79 Å². The Kier molecular flexibility index (Phi) is 3.88. The largest absolute Gasteiger partial charge is 0.479 e. The highest BCUT2D eigenvalue weighted by Gasteiger charge is 2.22. The summed E-state index contributed by atoms with van der Waals surface area (Å²) < 4.78 is 0. The lowest BCUT2D eigenvalue weighted by Gasteiger charge is -2.18. The molecular formula is C11H14N2O3. The first-order valence-electron chi connectivity index (χ1n) is 4.78. The van der Waals surface area contributed by atoms with Crippen LogP contribution in [0.15, 0.2) is 30.3 Å². The molecule has 0 unspecified atom stereocenters. The lowest BCUT2D eigenvalue weighted by molar-refractivity contribution is -0.139. The van der Waals surface area contributed by atoms with Gasteiger partial charge in [0.15, 0.2) is 6.04 Å². The normalized spacial score (nSPS) is 11.6. The number of carboxylic acid groups (broad SMARTS) is 1. The first-order chi connectivity index (χ1) is 7.52. The van der Waals surface area contributed by atoms with E-state index >= 15 is 0 Å². The Balaban J connectivity index is 2.85. The zero-order chi connectivity index (χ0) is 12.1.